The number of benzene rings is 2. The number of rotatable bonds is 8. The summed E-state index contributed by atoms with van der Waals surface area (Å²) in [6.45, 7) is 7.08. The number of hydrogen-bond acceptors (Lipinski definition) is 4. The molecule has 0 heterocycles. The van der Waals surface area contributed by atoms with Crippen molar-refractivity contribution >= 4 is 5.91 Å². The molecule has 26 heavy (non-hydrogen) atoms. The molecule has 2 aromatic carbocycles. The quantitative estimate of drug-likeness (QED) is 0.739. The van der Waals surface area contributed by atoms with Crippen LogP contribution in [0.15, 0.2) is 36.4 Å². The topological polar surface area (TPSA) is 71.3 Å². The lowest BCUT2D eigenvalue weighted by Gasteiger charge is -2.13. The summed E-state index contributed by atoms with van der Waals surface area (Å²) in [6, 6.07) is 13.0. The highest BCUT2D eigenvalue weighted by molar-refractivity contribution is 5.77. The summed E-state index contributed by atoms with van der Waals surface area (Å²) in [4.78, 5) is 11.8. The van der Waals surface area contributed by atoms with E-state index in [-0.39, 0.29) is 12.5 Å². The van der Waals surface area contributed by atoms with Gasteiger partial charge in [0, 0.05) is 6.54 Å². The summed E-state index contributed by atoms with van der Waals surface area (Å²) in [7, 11) is 0. The van der Waals surface area contributed by atoms with Crippen LogP contribution in [0.25, 0.3) is 0 Å². The van der Waals surface area contributed by atoms with Crippen LogP contribution in [0, 0.1) is 32.1 Å². The molecule has 2 aromatic rings. The molecule has 0 atom stereocenters. The molecule has 5 heteroatoms. The molecule has 0 radical (unpaired) electrons. The monoisotopic (exact) mass is 352 g/mol. The summed E-state index contributed by atoms with van der Waals surface area (Å²) in [6.07, 6.45) is 0.701. The molecule has 0 saturated heterocycles. The van der Waals surface area contributed by atoms with Gasteiger partial charge in [-0.2, -0.15) is 5.26 Å². The van der Waals surface area contributed by atoms with Gasteiger partial charge in [0.2, 0.25) is 0 Å². The fourth-order valence-electron chi connectivity index (χ4n) is 2.51. The van der Waals surface area contributed by atoms with Crippen LogP contribution in [0.5, 0.6) is 11.5 Å². The Morgan fingerprint density at radius 1 is 1.12 bits per heavy atom. The van der Waals surface area contributed by atoms with Crippen molar-refractivity contribution < 1.29 is 14.3 Å². The van der Waals surface area contributed by atoms with E-state index in [0.717, 1.165) is 11.3 Å². The molecule has 0 aliphatic rings. The van der Waals surface area contributed by atoms with Crippen LogP contribution >= 0.6 is 0 Å². The summed E-state index contributed by atoms with van der Waals surface area (Å²) < 4.78 is 11.2. The van der Waals surface area contributed by atoms with Gasteiger partial charge in [0.25, 0.3) is 5.91 Å². The molecule has 0 spiro atoms. The van der Waals surface area contributed by atoms with Crippen molar-refractivity contribution in [2.45, 2.75) is 27.2 Å². The summed E-state index contributed by atoms with van der Waals surface area (Å²) in [5.74, 6) is 1.09. The first-order chi connectivity index (χ1) is 12.5. The van der Waals surface area contributed by atoms with Gasteiger partial charge in [-0.15, -0.1) is 0 Å². The van der Waals surface area contributed by atoms with Crippen LogP contribution in [0.3, 0.4) is 0 Å². The van der Waals surface area contributed by atoms with Crippen molar-refractivity contribution in [3.05, 3.63) is 58.7 Å². The van der Waals surface area contributed by atoms with E-state index >= 15 is 0 Å². The Labute approximate surface area is 154 Å². The van der Waals surface area contributed by atoms with Crippen LogP contribution < -0.4 is 14.8 Å². The maximum atomic E-state index is 11.8. The zero-order chi connectivity index (χ0) is 18.9. The number of para-hydroxylation sites is 1. The SMILES string of the molecule is Cc1cc(C)c(C)c(OCCCNC(=O)COc2ccccc2C#N)c1. The van der Waals surface area contributed by atoms with Crippen molar-refractivity contribution in [2.75, 3.05) is 19.8 Å². The van der Waals surface area contributed by atoms with Gasteiger partial charge in [0.15, 0.2) is 6.61 Å². The zero-order valence-electron chi connectivity index (χ0n) is 15.5. The lowest BCUT2D eigenvalue weighted by Crippen LogP contribution is -2.30. The first-order valence-corrected chi connectivity index (χ1v) is 8.60. The van der Waals surface area contributed by atoms with Gasteiger partial charge in [-0.05, 0) is 62.1 Å². The lowest BCUT2D eigenvalue weighted by molar-refractivity contribution is -0.123. The third-order valence-corrected chi connectivity index (χ3v) is 4.03. The number of ether oxygens (including phenoxy) is 2. The van der Waals surface area contributed by atoms with Crippen LogP contribution in [0.2, 0.25) is 0 Å². The van der Waals surface area contributed by atoms with Gasteiger partial charge in [-0.25, -0.2) is 0 Å². The van der Waals surface area contributed by atoms with E-state index in [2.05, 4.69) is 18.3 Å². The van der Waals surface area contributed by atoms with E-state index in [1.807, 2.05) is 26.0 Å². The van der Waals surface area contributed by atoms with E-state index in [1.54, 1.807) is 24.3 Å². The Morgan fingerprint density at radius 2 is 1.88 bits per heavy atom. The highest BCUT2D eigenvalue weighted by Gasteiger charge is 2.07. The molecule has 1 amide bonds. The second-order valence-electron chi connectivity index (χ2n) is 6.15. The number of carbonyl (C=O) groups is 1. The van der Waals surface area contributed by atoms with Crippen LogP contribution in [0.1, 0.15) is 28.7 Å². The molecule has 136 valence electrons. The second kappa shape index (κ2) is 9.47. The van der Waals surface area contributed by atoms with Crippen molar-refractivity contribution in [1.29, 1.82) is 5.26 Å². The summed E-state index contributed by atoms with van der Waals surface area (Å²) in [5.41, 5.74) is 3.94. The molecule has 0 saturated carbocycles. The fourth-order valence-corrected chi connectivity index (χ4v) is 2.51. The van der Waals surface area contributed by atoms with Crippen LogP contribution in [-0.4, -0.2) is 25.7 Å². The normalized spacial score (nSPS) is 10.1. The smallest absolute Gasteiger partial charge is 0.257 e. The molecular formula is C21H24N2O3. The number of nitrogens with one attached hydrogen (secondary N) is 1. The predicted octanol–water partition coefficient (Wildman–Crippen LogP) is 3.45. The largest absolute Gasteiger partial charge is 0.493 e. The number of amides is 1. The maximum absolute atomic E-state index is 11.8. The van der Waals surface area contributed by atoms with Gasteiger partial charge < -0.3 is 14.8 Å². The predicted molar refractivity (Wildman–Crippen MR) is 100 cm³/mol. The van der Waals surface area contributed by atoms with Crippen molar-refractivity contribution in [2.24, 2.45) is 0 Å². The summed E-state index contributed by atoms with van der Waals surface area (Å²) in [5, 5.41) is 11.8. The number of aryl methyl sites for hydroxylation is 2. The van der Waals surface area contributed by atoms with Gasteiger partial charge in [0.05, 0.1) is 12.2 Å². The van der Waals surface area contributed by atoms with Gasteiger partial charge >= 0.3 is 0 Å². The summed E-state index contributed by atoms with van der Waals surface area (Å²) >= 11 is 0. The number of hydrogen-bond donors (Lipinski definition) is 1. The third-order valence-electron chi connectivity index (χ3n) is 4.03. The van der Waals surface area contributed by atoms with E-state index in [1.165, 1.54) is 11.1 Å². The van der Waals surface area contributed by atoms with E-state index in [9.17, 15) is 4.79 Å². The molecule has 2 rings (SSSR count). The van der Waals surface area contributed by atoms with Gasteiger partial charge in [-0.3, -0.25) is 4.79 Å². The molecule has 0 aliphatic carbocycles. The minimum Gasteiger partial charge on any atom is -0.493 e. The van der Waals surface area contributed by atoms with Crippen molar-refractivity contribution in [1.82, 2.24) is 5.32 Å². The fraction of sp³-hybridized carbons (Fsp3) is 0.333. The van der Waals surface area contributed by atoms with E-state index in [0.29, 0.717) is 30.9 Å². The molecule has 0 unspecified atom stereocenters. The zero-order valence-corrected chi connectivity index (χ0v) is 15.5. The van der Waals surface area contributed by atoms with E-state index in [4.69, 9.17) is 14.7 Å². The number of nitrogens with zero attached hydrogens (tertiary/aromatic N) is 1. The Balaban J connectivity index is 1.69. The molecule has 0 aliphatic heterocycles. The molecule has 0 aromatic heterocycles. The van der Waals surface area contributed by atoms with Gasteiger partial charge in [-0.1, -0.05) is 18.2 Å². The Bertz CT molecular complexity index is 809. The van der Waals surface area contributed by atoms with Crippen molar-refractivity contribution in [3.8, 4) is 17.6 Å². The molecule has 1 N–H and O–H groups in total. The Kier molecular flexibility index (Phi) is 7.04. The average Bonchev–Trinajstić information content (AvgIpc) is 2.63. The standard InChI is InChI=1S/C21H24N2O3/c1-15-11-16(2)17(3)20(12-15)25-10-6-9-23-21(24)14-26-19-8-5-4-7-18(19)13-22/h4-5,7-8,11-12H,6,9-10,14H2,1-3H3,(H,23,24). The Morgan fingerprint density at radius 3 is 2.65 bits per heavy atom. The number of nitriles is 1. The van der Waals surface area contributed by atoms with Crippen LogP contribution in [-0.2, 0) is 4.79 Å². The van der Waals surface area contributed by atoms with Crippen molar-refractivity contribution in [3.63, 3.8) is 0 Å². The second-order valence-corrected chi connectivity index (χ2v) is 6.15. The van der Waals surface area contributed by atoms with Crippen LogP contribution in [0.4, 0.5) is 0 Å². The molecule has 5 nitrogen and oxygen atoms in total. The minimum absolute atomic E-state index is 0.115. The minimum atomic E-state index is -0.222. The maximum Gasteiger partial charge on any atom is 0.257 e. The first kappa shape index (κ1) is 19.3. The molecule has 0 bridgehead atoms. The highest BCUT2D eigenvalue weighted by atomic mass is 16.5. The average molecular weight is 352 g/mol. The first-order valence-electron chi connectivity index (χ1n) is 8.60. The molecule has 0 fully saturated rings. The lowest BCUT2D eigenvalue weighted by atomic mass is 10.1. The molecular weight excluding hydrogens is 328 g/mol. The Hall–Kier alpha value is -3.00. The van der Waals surface area contributed by atoms with Gasteiger partial charge in [0.1, 0.15) is 17.6 Å². The highest BCUT2D eigenvalue weighted by Crippen LogP contribution is 2.23. The van der Waals surface area contributed by atoms with E-state index < -0.39 is 0 Å². The number of carbonyl (C=O) groups excluding carboxylic acids is 1. The third kappa shape index (κ3) is 5.52.